The molecule has 8 nitrogen and oxygen atoms in total. The van der Waals surface area contributed by atoms with Crippen molar-refractivity contribution >= 4 is 16.9 Å². The molecular formula is C26H25N3O5. The van der Waals surface area contributed by atoms with Gasteiger partial charge >= 0.3 is 11.1 Å². The standard InChI is InChI=1S/C26H25N3O5/c1-33-20-13-12-19(23(14-20)34-2)15-27-24(30)17-29-22-11-7-6-10-21(22)28(25(31)26(29)32)16-18-8-4-3-5-9-18/h3-14H,15-17H2,1-2H3,(H,27,30). The monoisotopic (exact) mass is 459 g/mol. The Bertz CT molecular complexity index is 1440. The van der Waals surface area contributed by atoms with Gasteiger partial charge in [0, 0.05) is 18.2 Å². The van der Waals surface area contributed by atoms with Crippen LogP contribution in [0.25, 0.3) is 11.0 Å². The van der Waals surface area contributed by atoms with E-state index in [0.717, 1.165) is 11.1 Å². The van der Waals surface area contributed by atoms with Crippen molar-refractivity contribution in [2.45, 2.75) is 19.6 Å². The summed E-state index contributed by atoms with van der Waals surface area (Å²) >= 11 is 0. The van der Waals surface area contributed by atoms with Gasteiger partial charge in [-0.05, 0) is 29.8 Å². The van der Waals surface area contributed by atoms with E-state index in [2.05, 4.69) is 5.32 Å². The first-order chi connectivity index (χ1) is 16.5. The Morgan fingerprint density at radius 2 is 1.47 bits per heavy atom. The van der Waals surface area contributed by atoms with Crippen LogP contribution in [0.4, 0.5) is 0 Å². The summed E-state index contributed by atoms with van der Waals surface area (Å²) in [7, 11) is 3.10. The minimum Gasteiger partial charge on any atom is -0.497 e. The number of benzene rings is 3. The van der Waals surface area contributed by atoms with E-state index in [1.54, 1.807) is 49.6 Å². The normalized spacial score (nSPS) is 10.8. The lowest BCUT2D eigenvalue weighted by Crippen LogP contribution is -2.44. The Morgan fingerprint density at radius 1 is 0.824 bits per heavy atom. The van der Waals surface area contributed by atoms with E-state index in [1.807, 2.05) is 30.3 Å². The van der Waals surface area contributed by atoms with Crippen LogP contribution in [0.2, 0.25) is 0 Å². The summed E-state index contributed by atoms with van der Waals surface area (Å²) in [4.78, 5) is 38.7. The third-order valence-corrected chi connectivity index (χ3v) is 5.59. The number of carbonyl (C=O) groups excluding carboxylic acids is 1. The molecule has 3 aromatic carbocycles. The summed E-state index contributed by atoms with van der Waals surface area (Å²) in [5.74, 6) is 0.817. The van der Waals surface area contributed by atoms with Crippen molar-refractivity contribution in [2.75, 3.05) is 14.2 Å². The molecule has 0 aliphatic rings. The summed E-state index contributed by atoms with van der Waals surface area (Å²) in [5.41, 5.74) is 1.34. The highest BCUT2D eigenvalue weighted by atomic mass is 16.5. The number of hydrogen-bond donors (Lipinski definition) is 1. The van der Waals surface area contributed by atoms with Crippen LogP contribution in [0.3, 0.4) is 0 Å². The predicted octanol–water partition coefficient (Wildman–Crippen LogP) is 2.55. The molecule has 1 aromatic heterocycles. The molecule has 1 heterocycles. The van der Waals surface area contributed by atoms with E-state index < -0.39 is 17.0 Å². The summed E-state index contributed by atoms with van der Waals surface area (Å²) in [6, 6.07) is 21.8. The van der Waals surface area contributed by atoms with Gasteiger partial charge < -0.3 is 14.8 Å². The first kappa shape index (κ1) is 22.8. The maximum Gasteiger partial charge on any atom is 0.317 e. The van der Waals surface area contributed by atoms with E-state index in [0.29, 0.717) is 22.5 Å². The zero-order chi connectivity index (χ0) is 24.1. The van der Waals surface area contributed by atoms with Gasteiger partial charge in [-0.2, -0.15) is 0 Å². The van der Waals surface area contributed by atoms with Crippen molar-refractivity contribution < 1.29 is 14.3 Å². The Balaban J connectivity index is 1.61. The number of aromatic nitrogens is 2. The molecule has 0 saturated carbocycles. The SMILES string of the molecule is COc1ccc(CNC(=O)Cn2c(=O)c(=O)n(Cc3ccccc3)c3ccccc32)c(OC)c1. The van der Waals surface area contributed by atoms with Crippen molar-refractivity contribution in [3.05, 3.63) is 105 Å². The lowest BCUT2D eigenvalue weighted by molar-refractivity contribution is -0.121. The number of nitrogens with one attached hydrogen (secondary N) is 1. The molecule has 34 heavy (non-hydrogen) atoms. The van der Waals surface area contributed by atoms with Crippen LogP contribution in [0, 0.1) is 0 Å². The number of methoxy groups -OCH3 is 2. The third kappa shape index (κ3) is 4.71. The second kappa shape index (κ2) is 10.1. The van der Waals surface area contributed by atoms with Crippen molar-refractivity contribution in [1.82, 2.24) is 14.5 Å². The van der Waals surface area contributed by atoms with E-state index in [9.17, 15) is 14.4 Å². The number of hydrogen-bond acceptors (Lipinski definition) is 5. The third-order valence-electron chi connectivity index (χ3n) is 5.59. The molecule has 1 amide bonds. The molecule has 0 atom stereocenters. The maximum absolute atomic E-state index is 13.0. The predicted molar refractivity (Wildman–Crippen MR) is 129 cm³/mol. The van der Waals surface area contributed by atoms with Gasteiger partial charge in [0.1, 0.15) is 18.0 Å². The first-order valence-corrected chi connectivity index (χ1v) is 10.8. The summed E-state index contributed by atoms with van der Waals surface area (Å²) in [5, 5.41) is 2.80. The average molecular weight is 460 g/mol. The summed E-state index contributed by atoms with van der Waals surface area (Å²) in [6.07, 6.45) is 0. The Morgan fingerprint density at radius 3 is 2.15 bits per heavy atom. The van der Waals surface area contributed by atoms with Crippen LogP contribution in [-0.4, -0.2) is 29.3 Å². The number of fused-ring (bicyclic) bond motifs is 1. The molecular weight excluding hydrogens is 434 g/mol. The van der Waals surface area contributed by atoms with Crippen LogP contribution in [0.15, 0.2) is 82.4 Å². The van der Waals surface area contributed by atoms with Gasteiger partial charge in [0.2, 0.25) is 5.91 Å². The van der Waals surface area contributed by atoms with Crippen molar-refractivity contribution in [3.63, 3.8) is 0 Å². The second-order valence-corrected chi connectivity index (χ2v) is 7.71. The lowest BCUT2D eigenvalue weighted by atomic mass is 10.2. The van der Waals surface area contributed by atoms with Crippen LogP contribution in [0.1, 0.15) is 11.1 Å². The van der Waals surface area contributed by atoms with Crippen molar-refractivity contribution in [3.8, 4) is 11.5 Å². The van der Waals surface area contributed by atoms with Crippen molar-refractivity contribution in [2.24, 2.45) is 0 Å². The molecule has 0 fully saturated rings. The molecule has 1 N–H and O–H groups in total. The largest absolute Gasteiger partial charge is 0.497 e. The molecule has 0 spiro atoms. The van der Waals surface area contributed by atoms with E-state index in [-0.39, 0.29) is 19.6 Å². The smallest absolute Gasteiger partial charge is 0.317 e. The lowest BCUT2D eigenvalue weighted by Gasteiger charge is -2.15. The molecule has 0 bridgehead atoms. The van der Waals surface area contributed by atoms with Gasteiger partial charge in [-0.1, -0.05) is 42.5 Å². The molecule has 174 valence electrons. The quantitative estimate of drug-likeness (QED) is 0.409. The highest BCUT2D eigenvalue weighted by Crippen LogP contribution is 2.24. The maximum atomic E-state index is 13.0. The molecule has 4 aromatic rings. The topological polar surface area (TPSA) is 91.6 Å². The number of para-hydroxylation sites is 2. The molecule has 4 rings (SSSR count). The molecule has 0 radical (unpaired) electrons. The van der Waals surface area contributed by atoms with Gasteiger partial charge in [0.15, 0.2) is 0 Å². The highest BCUT2D eigenvalue weighted by molar-refractivity contribution is 5.80. The van der Waals surface area contributed by atoms with Gasteiger partial charge in [-0.25, -0.2) is 0 Å². The highest BCUT2D eigenvalue weighted by Gasteiger charge is 2.16. The molecule has 8 heteroatoms. The second-order valence-electron chi connectivity index (χ2n) is 7.71. The van der Waals surface area contributed by atoms with Gasteiger partial charge in [-0.15, -0.1) is 0 Å². The Kier molecular flexibility index (Phi) is 6.77. The Hall–Kier alpha value is -4.33. The zero-order valence-corrected chi connectivity index (χ0v) is 19.0. The number of rotatable bonds is 8. The average Bonchev–Trinajstić information content (AvgIpc) is 2.88. The number of ether oxygens (including phenoxy) is 2. The van der Waals surface area contributed by atoms with Gasteiger partial charge in [0.05, 0.1) is 31.8 Å². The summed E-state index contributed by atoms with van der Waals surface area (Å²) < 4.78 is 13.2. The van der Waals surface area contributed by atoms with Crippen LogP contribution < -0.4 is 25.9 Å². The molecule has 0 unspecified atom stereocenters. The number of amides is 1. The molecule has 0 aliphatic heterocycles. The number of nitrogens with zero attached hydrogens (tertiary/aromatic N) is 2. The summed E-state index contributed by atoms with van der Waals surface area (Å²) in [6.45, 7) is 0.183. The van der Waals surface area contributed by atoms with E-state index >= 15 is 0 Å². The minimum atomic E-state index is -0.744. The van der Waals surface area contributed by atoms with Crippen molar-refractivity contribution in [1.29, 1.82) is 0 Å². The fourth-order valence-corrected chi connectivity index (χ4v) is 3.84. The minimum absolute atomic E-state index is 0.198. The molecule has 0 aliphatic carbocycles. The fourth-order valence-electron chi connectivity index (χ4n) is 3.84. The van der Waals surface area contributed by atoms with Crippen LogP contribution in [0.5, 0.6) is 11.5 Å². The Labute approximate surface area is 196 Å². The van der Waals surface area contributed by atoms with Crippen LogP contribution in [-0.2, 0) is 24.4 Å². The number of carbonyl (C=O) groups is 1. The first-order valence-electron chi connectivity index (χ1n) is 10.8. The van der Waals surface area contributed by atoms with Gasteiger partial charge in [-0.3, -0.25) is 23.5 Å². The fraction of sp³-hybridized carbons (Fsp3) is 0.192. The zero-order valence-electron chi connectivity index (χ0n) is 19.0. The van der Waals surface area contributed by atoms with E-state index in [4.69, 9.17) is 9.47 Å². The molecule has 0 saturated heterocycles. The van der Waals surface area contributed by atoms with E-state index in [1.165, 1.54) is 16.2 Å². The van der Waals surface area contributed by atoms with Crippen LogP contribution >= 0.6 is 0 Å². The van der Waals surface area contributed by atoms with Gasteiger partial charge in [0.25, 0.3) is 0 Å².